The molecule has 0 spiro atoms. The van der Waals surface area contributed by atoms with E-state index in [1.54, 1.807) is 13.8 Å². The van der Waals surface area contributed by atoms with Gasteiger partial charge in [-0.2, -0.15) is 0 Å². The van der Waals surface area contributed by atoms with Crippen LogP contribution in [0.3, 0.4) is 0 Å². The highest BCUT2D eigenvalue weighted by Crippen LogP contribution is 2.38. The molecule has 1 unspecified atom stereocenters. The van der Waals surface area contributed by atoms with Crippen molar-refractivity contribution in [3.8, 4) is 0 Å². The second kappa shape index (κ2) is 14.9. The number of unbranched alkanes of at least 4 members (excludes halogenated alkanes) is 5. The number of ether oxygens (including phenoxy) is 3. The van der Waals surface area contributed by atoms with Crippen molar-refractivity contribution >= 4 is 11.9 Å². The van der Waals surface area contributed by atoms with E-state index in [0.29, 0.717) is 38.0 Å². The summed E-state index contributed by atoms with van der Waals surface area (Å²) in [7, 11) is 0. The number of epoxide rings is 1. The van der Waals surface area contributed by atoms with Crippen molar-refractivity contribution < 1.29 is 44.2 Å². The lowest BCUT2D eigenvalue weighted by atomic mass is 9.85. The predicted octanol–water partition coefficient (Wildman–Crippen LogP) is 2.59. The maximum absolute atomic E-state index is 12.1. The molecule has 2 saturated heterocycles. The van der Waals surface area contributed by atoms with Crippen molar-refractivity contribution in [1.82, 2.24) is 0 Å². The highest BCUT2D eigenvalue weighted by Gasteiger charge is 2.48. The number of esters is 1. The average Bonchev–Trinajstić information content (AvgIpc) is 3.55. The van der Waals surface area contributed by atoms with Gasteiger partial charge in [-0.3, -0.25) is 4.79 Å². The number of aliphatic hydroxyl groups excluding tert-OH is 3. The molecule has 0 radical (unpaired) electrons. The molecular formula is C26H44O9. The second-order valence-electron chi connectivity index (χ2n) is 10.2. The number of aliphatic hydroxyl groups is 3. The van der Waals surface area contributed by atoms with E-state index >= 15 is 0 Å². The van der Waals surface area contributed by atoms with E-state index in [1.165, 1.54) is 6.08 Å². The quantitative estimate of drug-likeness (QED) is 0.109. The number of carbonyl (C=O) groups is 2. The standard InChI is InChI=1S/C26H44O9/c1-16(13-23(30)33-11-9-7-5-4-6-8-10-22(28)29)12-20-25(32)24(31)19(15-34-20)14-21-26(35-21)17(2)18(3)27/h13,17-21,24-27,31-32H,4-12,14-15H2,1-3H3,(H,28,29)/b16-13-/t17-,18-,19-,20-,21?,24+,25-,26-/m0/s1. The van der Waals surface area contributed by atoms with Gasteiger partial charge in [0.2, 0.25) is 0 Å². The third-order valence-corrected chi connectivity index (χ3v) is 7.09. The Hall–Kier alpha value is -1.52. The zero-order valence-electron chi connectivity index (χ0n) is 21.3. The van der Waals surface area contributed by atoms with E-state index < -0.39 is 36.4 Å². The summed E-state index contributed by atoms with van der Waals surface area (Å²) in [4.78, 5) is 22.5. The van der Waals surface area contributed by atoms with E-state index in [0.717, 1.165) is 32.1 Å². The summed E-state index contributed by atoms with van der Waals surface area (Å²) in [6, 6.07) is 0. The molecule has 0 bridgehead atoms. The van der Waals surface area contributed by atoms with Gasteiger partial charge in [0.1, 0.15) is 6.10 Å². The topological polar surface area (TPSA) is 146 Å². The minimum atomic E-state index is -1.06. The van der Waals surface area contributed by atoms with Crippen molar-refractivity contribution in [1.29, 1.82) is 0 Å². The Labute approximate surface area is 208 Å². The molecule has 0 aromatic heterocycles. The fraction of sp³-hybridized carbons (Fsp3) is 0.846. The van der Waals surface area contributed by atoms with Gasteiger partial charge in [-0.1, -0.05) is 38.2 Å². The van der Waals surface area contributed by atoms with Crippen molar-refractivity contribution in [2.45, 2.75) is 115 Å². The second-order valence-corrected chi connectivity index (χ2v) is 10.2. The van der Waals surface area contributed by atoms with Gasteiger partial charge in [0.15, 0.2) is 0 Å². The van der Waals surface area contributed by atoms with Crippen LogP contribution in [0.25, 0.3) is 0 Å². The monoisotopic (exact) mass is 500 g/mol. The van der Waals surface area contributed by atoms with E-state index in [1.807, 2.05) is 6.92 Å². The first kappa shape index (κ1) is 29.7. The average molecular weight is 501 g/mol. The fourth-order valence-corrected chi connectivity index (χ4v) is 4.59. The van der Waals surface area contributed by atoms with Crippen LogP contribution in [0.2, 0.25) is 0 Å². The predicted molar refractivity (Wildman–Crippen MR) is 129 cm³/mol. The zero-order valence-corrected chi connectivity index (χ0v) is 21.3. The number of carboxylic acid groups (broad SMARTS) is 1. The molecule has 9 nitrogen and oxygen atoms in total. The Morgan fingerprint density at radius 1 is 1.03 bits per heavy atom. The number of carbonyl (C=O) groups excluding carboxylic acids is 1. The molecule has 2 aliphatic rings. The van der Waals surface area contributed by atoms with Gasteiger partial charge < -0.3 is 34.6 Å². The smallest absolute Gasteiger partial charge is 0.330 e. The molecule has 9 heteroatoms. The summed E-state index contributed by atoms with van der Waals surface area (Å²) in [6.07, 6.45) is 4.61. The number of hydrogen-bond acceptors (Lipinski definition) is 8. The normalized spacial score (nSPS) is 30.5. The molecule has 8 atom stereocenters. The molecule has 0 aromatic carbocycles. The third-order valence-electron chi connectivity index (χ3n) is 7.09. The summed E-state index contributed by atoms with van der Waals surface area (Å²) in [5.41, 5.74) is 0.708. The Morgan fingerprint density at radius 3 is 2.34 bits per heavy atom. The first-order valence-electron chi connectivity index (χ1n) is 13.0. The van der Waals surface area contributed by atoms with E-state index in [4.69, 9.17) is 19.3 Å². The van der Waals surface area contributed by atoms with Crippen LogP contribution in [-0.4, -0.2) is 82.2 Å². The van der Waals surface area contributed by atoms with Crippen LogP contribution in [0.4, 0.5) is 0 Å². The Balaban J connectivity index is 1.62. The molecule has 0 aliphatic carbocycles. The molecule has 2 fully saturated rings. The van der Waals surface area contributed by atoms with Gasteiger partial charge in [0, 0.05) is 24.3 Å². The van der Waals surface area contributed by atoms with Crippen LogP contribution in [0.1, 0.15) is 78.6 Å². The maximum Gasteiger partial charge on any atom is 0.330 e. The Morgan fingerprint density at radius 2 is 1.69 bits per heavy atom. The summed E-state index contributed by atoms with van der Waals surface area (Å²) in [5, 5.41) is 39.5. The van der Waals surface area contributed by atoms with Crippen molar-refractivity contribution in [3.05, 3.63) is 11.6 Å². The van der Waals surface area contributed by atoms with Crippen LogP contribution < -0.4 is 0 Å². The fourth-order valence-electron chi connectivity index (χ4n) is 4.59. The maximum atomic E-state index is 12.1. The van der Waals surface area contributed by atoms with Gasteiger partial charge in [0.25, 0.3) is 0 Å². The molecular weight excluding hydrogens is 456 g/mol. The molecule has 2 rings (SSSR count). The van der Waals surface area contributed by atoms with E-state index in [2.05, 4.69) is 0 Å². The van der Waals surface area contributed by atoms with Crippen molar-refractivity contribution in [2.75, 3.05) is 13.2 Å². The number of aliphatic carboxylic acids is 1. The van der Waals surface area contributed by atoms with E-state index in [-0.39, 0.29) is 30.5 Å². The zero-order chi connectivity index (χ0) is 26.0. The molecule has 0 aromatic rings. The van der Waals surface area contributed by atoms with Crippen LogP contribution in [-0.2, 0) is 23.8 Å². The molecule has 2 aliphatic heterocycles. The van der Waals surface area contributed by atoms with Crippen LogP contribution in [0.15, 0.2) is 11.6 Å². The van der Waals surface area contributed by atoms with Gasteiger partial charge in [-0.25, -0.2) is 4.79 Å². The molecule has 35 heavy (non-hydrogen) atoms. The molecule has 4 N–H and O–H groups in total. The first-order valence-corrected chi connectivity index (χ1v) is 13.0. The molecule has 0 saturated carbocycles. The SMILES string of the molecule is C/C(=C/C(=O)OCCCCCCCCC(=O)O)C[C@@H]1OC[C@H](CC2O[C@H]2[C@@H](C)[C@H](C)O)[C@@H](O)[C@H]1O. The third kappa shape index (κ3) is 10.6. The molecule has 2 heterocycles. The Kier molecular flexibility index (Phi) is 12.6. The van der Waals surface area contributed by atoms with Gasteiger partial charge in [0.05, 0.1) is 43.7 Å². The molecule has 202 valence electrons. The highest BCUT2D eigenvalue weighted by atomic mass is 16.6. The van der Waals surface area contributed by atoms with Crippen LogP contribution in [0, 0.1) is 11.8 Å². The minimum Gasteiger partial charge on any atom is -0.481 e. The van der Waals surface area contributed by atoms with Gasteiger partial charge in [-0.05, 0) is 39.5 Å². The van der Waals surface area contributed by atoms with Crippen molar-refractivity contribution in [2.24, 2.45) is 11.8 Å². The molecule has 0 amide bonds. The highest BCUT2D eigenvalue weighted by molar-refractivity contribution is 5.82. The van der Waals surface area contributed by atoms with Crippen LogP contribution >= 0.6 is 0 Å². The summed E-state index contributed by atoms with van der Waals surface area (Å²) >= 11 is 0. The first-order chi connectivity index (χ1) is 16.6. The lowest BCUT2D eigenvalue weighted by Crippen LogP contribution is -2.50. The van der Waals surface area contributed by atoms with Gasteiger partial charge >= 0.3 is 11.9 Å². The van der Waals surface area contributed by atoms with Crippen molar-refractivity contribution in [3.63, 3.8) is 0 Å². The number of rotatable bonds is 16. The summed E-state index contributed by atoms with van der Waals surface area (Å²) in [5.74, 6) is -1.42. The van der Waals surface area contributed by atoms with E-state index in [9.17, 15) is 24.9 Å². The number of carboxylic acids is 1. The van der Waals surface area contributed by atoms with Crippen LogP contribution in [0.5, 0.6) is 0 Å². The number of hydrogen-bond donors (Lipinski definition) is 4. The summed E-state index contributed by atoms with van der Waals surface area (Å²) in [6.45, 7) is 6.07. The lowest BCUT2D eigenvalue weighted by molar-refractivity contribution is -0.165. The summed E-state index contributed by atoms with van der Waals surface area (Å²) < 4.78 is 16.7. The minimum absolute atomic E-state index is 0.0160. The lowest BCUT2D eigenvalue weighted by Gasteiger charge is -2.38. The largest absolute Gasteiger partial charge is 0.481 e. The van der Waals surface area contributed by atoms with Gasteiger partial charge in [-0.15, -0.1) is 0 Å². The Bertz CT molecular complexity index is 692.